The van der Waals surface area contributed by atoms with Crippen LogP contribution in [-0.2, 0) is 0 Å². The Balaban J connectivity index is 2.50. The number of hydrogen-bond acceptors (Lipinski definition) is 3. The Morgan fingerprint density at radius 2 is 2.00 bits per heavy atom. The molecule has 4 nitrogen and oxygen atoms in total. The number of benzene rings is 1. The highest BCUT2D eigenvalue weighted by Gasteiger charge is 2.03. The molecule has 0 atom stereocenters. The molecule has 0 unspecified atom stereocenters. The summed E-state index contributed by atoms with van der Waals surface area (Å²) in [5.41, 5.74) is 2.03. The van der Waals surface area contributed by atoms with Crippen LogP contribution in [-0.4, -0.2) is 14.8 Å². The van der Waals surface area contributed by atoms with Gasteiger partial charge in [-0.2, -0.15) is 10.4 Å². The van der Waals surface area contributed by atoms with Crippen molar-refractivity contribution in [3.05, 3.63) is 42.0 Å². The van der Waals surface area contributed by atoms with Gasteiger partial charge in [-0.3, -0.25) is 0 Å². The minimum atomic E-state index is 0.300. The smallest absolute Gasteiger partial charge is 0.205 e. The predicted molar refractivity (Wildman–Crippen MR) is 50.8 cm³/mol. The number of nitriles is 1. The van der Waals surface area contributed by atoms with Crippen LogP contribution in [0.25, 0.3) is 5.69 Å². The number of rotatable bonds is 1. The maximum absolute atomic E-state index is 8.75. The summed E-state index contributed by atoms with van der Waals surface area (Å²) in [4.78, 5) is 3.82. The third kappa shape index (κ3) is 1.36. The maximum Gasteiger partial charge on any atom is 0.235 e. The lowest BCUT2D eigenvalue weighted by Crippen LogP contribution is -1.99. The van der Waals surface area contributed by atoms with E-state index in [1.165, 1.54) is 16.6 Å². The minimum absolute atomic E-state index is 0.300. The van der Waals surface area contributed by atoms with Gasteiger partial charge < -0.3 is 0 Å². The highest BCUT2D eigenvalue weighted by Crippen LogP contribution is 2.08. The molecule has 2 rings (SSSR count). The summed E-state index contributed by atoms with van der Waals surface area (Å²) >= 11 is 0. The maximum atomic E-state index is 8.75. The second-order valence-electron chi connectivity index (χ2n) is 2.94. The quantitative estimate of drug-likeness (QED) is 0.674. The van der Waals surface area contributed by atoms with Gasteiger partial charge in [-0.1, -0.05) is 17.7 Å². The normalized spacial score (nSPS) is 9.71. The summed E-state index contributed by atoms with van der Waals surface area (Å²) in [7, 11) is 0. The molecule has 0 fully saturated rings. The lowest BCUT2D eigenvalue weighted by atomic mass is 10.2. The Morgan fingerprint density at radius 3 is 2.64 bits per heavy atom. The van der Waals surface area contributed by atoms with Gasteiger partial charge in [-0.15, -0.1) is 0 Å². The molecule has 0 saturated carbocycles. The highest BCUT2D eigenvalue weighted by atomic mass is 15.3. The average molecular weight is 184 g/mol. The molecule has 0 bridgehead atoms. The molecule has 1 heterocycles. The van der Waals surface area contributed by atoms with Gasteiger partial charge in [0.2, 0.25) is 5.82 Å². The molecule has 4 heteroatoms. The van der Waals surface area contributed by atoms with Gasteiger partial charge in [0.25, 0.3) is 0 Å². The van der Waals surface area contributed by atoms with Gasteiger partial charge >= 0.3 is 0 Å². The first-order chi connectivity index (χ1) is 6.81. The van der Waals surface area contributed by atoms with Crippen LogP contribution < -0.4 is 0 Å². The van der Waals surface area contributed by atoms with Crippen LogP contribution in [0.1, 0.15) is 11.4 Å². The van der Waals surface area contributed by atoms with E-state index >= 15 is 0 Å². The molecular formula is C10H8N4. The number of nitrogens with zero attached hydrogens (tertiary/aromatic N) is 4. The van der Waals surface area contributed by atoms with E-state index in [-0.39, 0.29) is 0 Å². The third-order valence-electron chi connectivity index (χ3n) is 1.93. The zero-order chi connectivity index (χ0) is 9.97. The second-order valence-corrected chi connectivity index (χ2v) is 2.94. The standard InChI is InChI=1S/C10H8N4/c1-8-2-4-9(5-3-8)14-10(6-11)12-7-13-14/h2-5,7H,1H3. The van der Waals surface area contributed by atoms with Crippen molar-refractivity contribution in [2.75, 3.05) is 0 Å². The number of aryl methyl sites for hydroxylation is 1. The summed E-state index contributed by atoms with van der Waals surface area (Å²) < 4.78 is 1.51. The largest absolute Gasteiger partial charge is 0.235 e. The van der Waals surface area contributed by atoms with Gasteiger partial charge in [0.1, 0.15) is 12.4 Å². The van der Waals surface area contributed by atoms with Gasteiger partial charge in [-0.05, 0) is 19.1 Å². The van der Waals surface area contributed by atoms with Crippen molar-refractivity contribution >= 4 is 0 Å². The summed E-state index contributed by atoms with van der Waals surface area (Å²) in [5.74, 6) is 0.300. The fraction of sp³-hybridized carbons (Fsp3) is 0.100. The molecule has 0 spiro atoms. The Kier molecular flexibility index (Phi) is 1.99. The van der Waals surface area contributed by atoms with Gasteiger partial charge in [0.15, 0.2) is 0 Å². The first-order valence-corrected chi connectivity index (χ1v) is 4.18. The molecule has 0 aliphatic heterocycles. The van der Waals surface area contributed by atoms with E-state index in [4.69, 9.17) is 5.26 Å². The van der Waals surface area contributed by atoms with Crippen molar-refractivity contribution in [3.8, 4) is 11.8 Å². The molecule has 0 radical (unpaired) electrons. The zero-order valence-electron chi connectivity index (χ0n) is 7.68. The van der Waals surface area contributed by atoms with Crippen LogP contribution >= 0.6 is 0 Å². The van der Waals surface area contributed by atoms with Crippen LogP contribution in [0.5, 0.6) is 0 Å². The van der Waals surface area contributed by atoms with E-state index in [9.17, 15) is 0 Å². The van der Waals surface area contributed by atoms with Crippen LogP contribution in [0.4, 0.5) is 0 Å². The Labute approximate surface area is 81.4 Å². The summed E-state index contributed by atoms with van der Waals surface area (Å²) in [5, 5.41) is 12.7. The summed E-state index contributed by atoms with van der Waals surface area (Å²) in [6.07, 6.45) is 1.37. The summed E-state index contributed by atoms with van der Waals surface area (Å²) in [6, 6.07) is 9.73. The van der Waals surface area contributed by atoms with E-state index in [0.717, 1.165) is 5.69 Å². The van der Waals surface area contributed by atoms with Gasteiger partial charge in [0, 0.05) is 0 Å². The Hall–Kier alpha value is -2.15. The van der Waals surface area contributed by atoms with Crippen molar-refractivity contribution < 1.29 is 0 Å². The zero-order valence-corrected chi connectivity index (χ0v) is 7.68. The molecule has 0 aliphatic rings. The van der Waals surface area contributed by atoms with Crippen molar-refractivity contribution in [1.29, 1.82) is 5.26 Å². The van der Waals surface area contributed by atoms with E-state index in [0.29, 0.717) is 5.82 Å². The molecule has 1 aromatic heterocycles. The van der Waals surface area contributed by atoms with Crippen molar-refractivity contribution in [1.82, 2.24) is 14.8 Å². The first-order valence-electron chi connectivity index (χ1n) is 4.18. The van der Waals surface area contributed by atoms with Crippen LogP contribution in [0.2, 0.25) is 0 Å². The Morgan fingerprint density at radius 1 is 1.29 bits per heavy atom. The number of aromatic nitrogens is 3. The van der Waals surface area contributed by atoms with E-state index in [1.54, 1.807) is 0 Å². The molecule has 0 amide bonds. The van der Waals surface area contributed by atoms with Crippen molar-refractivity contribution in [3.63, 3.8) is 0 Å². The van der Waals surface area contributed by atoms with E-state index in [2.05, 4.69) is 10.1 Å². The molecule has 14 heavy (non-hydrogen) atoms. The lowest BCUT2D eigenvalue weighted by Gasteiger charge is -2.01. The van der Waals surface area contributed by atoms with Crippen LogP contribution in [0.3, 0.4) is 0 Å². The molecular weight excluding hydrogens is 176 g/mol. The molecule has 68 valence electrons. The topological polar surface area (TPSA) is 54.5 Å². The molecule has 1 aromatic carbocycles. The second kappa shape index (κ2) is 3.30. The molecule has 2 aromatic rings. The lowest BCUT2D eigenvalue weighted by molar-refractivity contribution is 0.862. The molecule has 0 saturated heterocycles. The summed E-state index contributed by atoms with van der Waals surface area (Å²) in [6.45, 7) is 2.01. The fourth-order valence-corrected chi connectivity index (χ4v) is 1.19. The van der Waals surface area contributed by atoms with Crippen LogP contribution in [0.15, 0.2) is 30.6 Å². The van der Waals surface area contributed by atoms with Crippen molar-refractivity contribution in [2.45, 2.75) is 6.92 Å². The monoisotopic (exact) mass is 184 g/mol. The number of hydrogen-bond donors (Lipinski definition) is 0. The fourth-order valence-electron chi connectivity index (χ4n) is 1.19. The SMILES string of the molecule is Cc1ccc(-n2ncnc2C#N)cc1. The minimum Gasteiger partial charge on any atom is -0.205 e. The van der Waals surface area contributed by atoms with Gasteiger partial charge in [-0.25, -0.2) is 9.67 Å². The van der Waals surface area contributed by atoms with Crippen molar-refractivity contribution in [2.24, 2.45) is 0 Å². The van der Waals surface area contributed by atoms with Gasteiger partial charge in [0.05, 0.1) is 5.69 Å². The molecule has 0 N–H and O–H groups in total. The van der Waals surface area contributed by atoms with E-state index in [1.807, 2.05) is 37.3 Å². The molecule has 0 aliphatic carbocycles. The Bertz CT molecular complexity index is 476. The average Bonchev–Trinajstić information content (AvgIpc) is 2.67. The first kappa shape index (κ1) is 8.45. The highest BCUT2D eigenvalue weighted by molar-refractivity contribution is 5.35. The van der Waals surface area contributed by atoms with Crippen LogP contribution in [0, 0.1) is 18.3 Å². The third-order valence-corrected chi connectivity index (χ3v) is 1.93. The van der Waals surface area contributed by atoms with E-state index < -0.39 is 0 Å². The predicted octanol–water partition coefficient (Wildman–Crippen LogP) is 1.45.